The normalized spacial score (nSPS) is 16.4. The fourth-order valence-electron chi connectivity index (χ4n) is 1.92. The highest BCUT2D eigenvalue weighted by Gasteiger charge is 2.13. The van der Waals surface area contributed by atoms with Crippen LogP contribution in [-0.2, 0) is 0 Å². The Balaban J connectivity index is 1.80. The van der Waals surface area contributed by atoms with E-state index in [4.69, 9.17) is 4.74 Å². The third-order valence-electron chi connectivity index (χ3n) is 2.93. The van der Waals surface area contributed by atoms with Crippen LogP contribution in [0.15, 0.2) is 29.3 Å². The van der Waals surface area contributed by atoms with Crippen LogP contribution in [0.2, 0.25) is 0 Å². The van der Waals surface area contributed by atoms with Crippen LogP contribution in [0.5, 0.6) is 5.75 Å². The molecule has 18 heavy (non-hydrogen) atoms. The minimum atomic E-state index is 0.114. The van der Waals surface area contributed by atoms with Crippen LogP contribution in [0.3, 0.4) is 0 Å². The van der Waals surface area contributed by atoms with Gasteiger partial charge in [0.25, 0.3) is 0 Å². The van der Waals surface area contributed by atoms with E-state index in [0.717, 1.165) is 31.3 Å². The summed E-state index contributed by atoms with van der Waals surface area (Å²) in [5.74, 6) is 1.89. The Kier molecular flexibility index (Phi) is 4.07. The lowest BCUT2D eigenvalue weighted by Gasteiger charge is -2.19. The Morgan fingerprint density at radius 2 is 2.33 bits per heavy atom. The molecule has 1 aliphatic rings. The van der Waals surface area contributed by atoms with Crippen LogP contribution in [0.4, 0.5) is 0 Å². The van der Waals surface area contributed by atoms with E-state index in [0.29, 0.717) is 0 Å². The number of benzene rings is 1. The number of rotatable bonds is 4. The number of hydrogen-bond acceptors (Lipinski definition) is 4. The Morgan fingerprint density at radius 3 is 3.00 bits per heavy atom. The molecule has 0 aromatic heterocycles. The first-order valence-electron chi connectivity index (χ1n) is 6.38. The number of hydrogen-bond donors (Lipinski definition) is 1. The van der Waals surface area contributed by atoms with Crippen molar-refractivity contribution >= 4 is 5.96 Å². The molecule has 0 saturated carbocycles. The van der Waals surface area contributed by atoms with Crippen LogP contribution in [0.1, 0.15) is 12.5 Å². The average molecular weight is 247 g/mol. The Labute approximate surface area is 109 Å². The van der Waals surface area contributed by atoms with E-state index in [-0.39, 0.29) is 6.10 Å². The first kappa shape index (κ1) is 12.7. The second kappa shape index (κ2) is 5.76. The molecule has 4 heteroatoms. The number of ether oxygens (including phenoxy) is 1. The number of nitrogens with zero attached hydrogens (tertiary/aromatic N) is 2. The van der Waals surface area contributed by atoms with Gasteiger partial charge in [0.05, 0.1) is 13.1 Å². The minimum Gasteiger partial charge on any atom is -0.489 e. The lowest BCUT2D eigenvalue weighted by Crippen LogP contribution is -2.40. The molecule has 98 valence electrons. The zero-order chi connectivity index (χ0) is 13.0. The van der Waals surface area contributed by atoms with Gasteiger partial charge in [0.2, 0.25) is 0 Å². The number of aryl methyl sites for hydroxylation is 1. The van der Waals surface area contributed by atoms with Crippen molar-refractivity contribution in [3.63, 3.8) is 0 Å². The smallest absolute Gasteiger partial charge is 0.193 e. The predicted molar refractivity (Wildman–Crippen MR) is 74.2 cm³/mol. The van der Waals surface area contributed by atoms with Gasteiger partial charge in [-0.1, -0.05) is 12.1 Å². The van der Waals surface area contributed by atoms with Crippen molar-refractivity contribution in [2.75, 3.05) is 26.7 Å². The van der Waals surface area contributed by atoms with Crippen LogP contribution in [0, 0.1) is 6.92 Å². The molecule has 0 aliphatic carbocycles. The molecule has 1 heterocycles. The van der Waals surface area contributed by atoms with Gasteiger partial charge in [-0.2, -0.15) is 0 Å². The topological polar surface area (TPSA) is 36.9 Å². The molecule has 0 saturated heterocycles. The summed E-state index contributed by atoms with van der Waals surface area (Å²) in [4.78, 5) is 6.51. The fraction of sp³-hybridized carbons (Fsp3) is 0.500. The second-order valence-corrected chi connectivity index (χ2v) is 4.75. The molecule has 1 atom stereocenters. The van der Waals surface area contributed by atoms with Gasteiger partial charge in [-0.25, -0.2) is 0 Å². The van der Waals surface area contributed by atoms with Gasteiger partial charge >= 0.3 is 0 Å². The monoisotopic (exact) mass is 247 g/mol. The summed E-state index contributed by atoms with van der Waals surface area (Å²) >= 11 is 0. The SMILES string of the molecule is Cc1cccc(OC(C)CNC2=NCCN2C)c1. The second-order valence-electron chi connectivity index (χ2n) is 4.75. The van der Waals surface area contributed by atoms with Crippen molar-refractivity contribution in [2.45, 2.75) is 20.0 Å². The molecule has 1 N–H and O–H groups in total. The molecule has 1 aromatic rings. The van der Waals surface area contributed by atoms with E-state index in [1.54, 1.807) is 0 Å². The van der Waals surface area contributed by atoms with Crippen LogP contribution >= 0.6 is 0 Å². The fourth-order valence-corrected chi connectivity index (χ4v) is 1.92. The van der Waals surface area contributed by atoms with Gasteiger partial charge in [0.1, 0.15) is 11.9 Å². The number of aliphatic imine (C=N–C) groups is 1. The molecular weight excluding hydrogens is 226 g/mol. The summed E-state index contributed by atoms with van der Waals surface area (Å²) in [6.07, 6.45) is 0.114. The lowest BCUT2D eigenvalue weighted by molar-refractivity contribution is 0.223. The van der Waals surface area contributed by atoms with Crippen molar-refractivity contribution in [2.24, 2.45) is 4.99 Å². The zero-order valence-corrected chi connectivity index (χ0v) is 11.3. The Bertz CT molecular complexity index is 431. The summed E-state index contributed by atoms with van der Waals surface area (Å²) in [5.41, 5.74) is 1.22. The molecule has 0 fully saturated rings. The maximum absolute atomic E-state index is 5.85. The van der Waals surface area contributed by atoms with Gasteiger partial charge in [0, 0.05) is 13.6 Å². The summed E-state index contributed by atoms with van der Waals surface area (Å²) in [6.45, 7) is 6.77. The van der Waals surface area contributed by atoms with E-state index >= 15 is 0 Å². The standard InChI is InChI=1S/C14H21N3O/c1-11-5-4-6-13(9-11)18-12(2)10-16-14-15-7-8-17(14)3/h4-6,9,12H,7-8,10H2,1-3H3,(H,15,16). The van der Waals surface area contributed by atoms with E-state index < -0.39 is 0 Å². The predicted octanol–water partition coefficient (Wildman–Crippen LogP) is 1.65. The van der Waals surface area contributed by atoms with Crippen molar-refractivity contribution in [3.8, 4) is 5.75 Å². The highest BCUT2D eigenvalue weighted by Crippen LogP contribution is 2.13. The molecule has 1 aromatic carbocycles. The summed E-state index contributed by atoms with van der Waals surface area (Å²) in [5, 5.41) is 3.32. The molecule has 0 amide bonds. The van der Waals surface area contributed by atoms with Gasteiger partial charge in [-0.15, -0.1) is 0 Å². The third-order valence-corrected chi connectivity index (χ3v) is 2.93. The Morgan fingerprint density at radius 1 is 1.50 bits per heavy atom. The highest BCUT2D eigenvalue weighted by molar-refractivity contribution is 5.81. The van der Waals surface area contributed by atoms with E-state index in [2.05, 4.69) is 41.2 Å². The summed E-state index contributed by atoms with van der Waals surface area (Å²) < 4.78 is 5.85. The largest absolute Gasteiger partial charge is 0.489 e. The van der Waals surface area contributed by atoms with E-state index in [9.17, 15) is 0 Å². The maximum Gasteiger partial charge on any atom is 0.193 e. The quantitative estimate of drug-likeness (QED) is 0.879. The highest BCUT2D eigenvalue weighted by atomic mass is 16.5. The first-order valence-corrected chi connectivity index (χ1v) is 6.38. The molecule has 0 bridgehead atoms. The molecule has 1 aliphatic heterocycles. The van der Waals surface area contributed by atoms with Gasteiger partial charge in [0.15, 0.2) is 5.96 Å². The lowest BCUT2D eigenvalue weighted by atomic mass is 10.2. The number of guanidine groups is 1. The minimum absolute atomic E-state index is 0.114. The summed E-state index contributed by atoms with van der Waals surface area (Å²) in [7, 11) is 2.05. The number of likely N-dealkylation sites (N-methyl/N-ethyl adjacent to an activating group) is 1. The third kappa shape index (κ3) is 3.39. The zero-order valence-electron chi connectivity index (χ0n) is 11.3. The van der Waals surface area contributed by atoms with Crippen molar-refractivity contribution in [3.05, 3.63) is 29.8 Å². The van der Waals surface area contributed by atoms with Crippen molar-refractivity contribution in [1.82, 2.24) is 10.2 Å². The molecule has 4 nitrogen and oxygen atoms in total. The van der Waals surface area contributed by atoms with Crippen molar-refractivity contribution in [1.29, 1.82) is 0 Å². The van der Waals surface area contributed by atoms with Crippen molar-refractivity contribution < 1.29 is 4.74 Å². The molecule has 2 rings (SSSR count). The molecular formula is C14H21N3O. The molecule has 0 radical (unpaired) electrons. The summed E-state index contributed by atoms with van der Waals surface area (Å²) in [6, 6.07) is 8.12. The van der Waals surface area contributed by atoms with E-state index in [1.165, 1.54) is 5.56 Å². The maximum atomic E-state index is 5.85. The van der Waals surface area contributed by atoms with E-state index in [1.807, 2.05) is 19.2 Å². The van der Waals surface area contributed by atoms with Crippen LogP contribution in [0.25, 0.3) is 0 Å². The first-order chi connectivity index (χ1) is 8.65. The van der Waals surface area contributed by atoms with Gasteiger partial charge < -0.3 is 15.0 Å². The molecule has 1 unspecified atom stereocenters. The van der Waals surface area contributed by atoms with Crippen LogP contribution < -0.4 is 10.1 Å². The van der Waals surface area contributed by atoms with Gasteiger partial charge in [-0.3, -0.25) is 4.99 Å². The average Bonchev–Trinajstić information content (AvgIpc) is 2.72. The van der Waals surface area contributed by atoms with Crippen LogP contribution in [-0.4, -0.2) is 43.6 Å². The van der Waals surface area contributed by atoms with Gasteiger partial charge in [-0.05, 0) is 31.5 Å². The molecule has 0 spiro atoms. The number of nitrogens with one attached hydrogen (secondary N) is 1. The Hall–Kier alpha value is -1.71.